The molecule has 13 aromatic rings. The van der Waals surface area contributed by atoms with Crippen molar-refractivity contribution in [3.8, 4) is 45.0 Å². The summed E-state index contributed by atoms with van der Waals surface area (Å²) < 4.78 is 4.76. The topological polar surface area (TPSA) is 35.6 Å². The highest BCUT2D eigenvalue weighted by molar-refractivity contribution is 6.21. The van der Waals surface area contributed by atoms with E-state index in [4.69, 9.17) is 9.97 Å². The zero-order valence-electron chi connectivity index (χ0n) is 33.6. The SMILES string of the molecule is c1ccc(-c2ccc3cc(-c4nc5ccccc5nc4-n4c5ccc(-c6cccc7c6c6ccccc6n7-c6ccccc6)cc5c5ccc6ccccc6c54)ccc3c2)cc1. The summed E-state index contributed by atoms with van der Waals surface area (Å²) in [6, 6.07) is 78.6. The molecule has 0 aliphatic carbocycles. The molecule has 0 saturated carbocycles. The second kappa shape index (κ2) is 13.6. The third-order valence-electron chi connectivity index (χ3n) is 12.7. The predicted molar refractivity (Wildman–Crippen MR) is 260 cm³/mol. The Morgan fingerprint density at radius 3 is 1.79 bits per heavy atom. The van der Waals surface area contributed by atoms with Crippen LogP contribution in [0.1, 0.15) is 0 Å². The smallest absolute Gasteiger partial charge is 0.165 e. The first-order chi connectivity index (χ1) is 30.7. The molecule has 4 heteroatoms. The first-order valence-corrected chi connectivity index (χ1v) is 21.2. The van der Waals surface area contributed by atoms with Gasteiger partial charge in [0.25, 0.3) is 0 Å². The average molecular weight is 789 g/mol. The summed E-state index contributed by atoms with van der Waals surface area (Å²) in [6.45, 7) is 0. The van der Waals surface area contributed by atoms with Gasteiger partial charge in [0.2, 0.25) is 0 Å². The summed E-state index contributed by atoms with van der Waals surface area (Å²) in [7, 11) is 0. The fourth-order valence-corrected chi connectivity index (χ4v) is 9.83. The van der Waals surface area contributed by atoms with Crippen molar-refractivity contribution in [2.75, 3.05) is 0 Å². The van der Waals surface area contributed by atoms with Crippen molar-refractivity contribution in [3.05, 3.63) is 218 Å². The molecule has 0 N–H and O–H groups in total. The van der Waals surface area contributed by atoms with Gasteiger partial charge in [0.1, 0.15) is 5.69 Å². The Kier molecular flexibility index (Phi) is 7.57. The van der Waals surface area contributed by atoms with Crippen LogP contribution in [0.25, 0.3) is 121 Å². The monoisotopic (exact) mass is 788 g/mol. The van der Waals surface area contributed by atoms with Gasteiger partial charge in [-0.2, -0.15) is 0 Å². The summed E-state index contributed by atoms with van der Waals surface area (Å²) in [4.78, 5) is 11.0. The van der Waals surface area contributed by atoms with Crippen molar-refractivity contribution in [2.45, 2.75) is 0 Å². The normalized spacial score (nSPS) is 11.9. The summed E-state index contributed by atoms with van der Waals surface area (Å²) >= 11 is 0. The van der Waals surface area contributed by atoms with Crippen LogP contribution in [0.5, 0.6) is 0 Å². The molecule has 3 aromatic heterocycles. The van der Waals surface area contributed by atoms with E-state index in [0.717, 1.165) is 50.2 Å². The summed E-state index contributed by atoms with van der Waals surface area (Å²) in [6.07, 6.45) is 0. The van der Waals surface area contributed by atoms with E-state index in [1.165, 1.54) is 71.0 Å². The van der Waals surface area contributed by atoms with Crippen molar-refractivity contribution in [2.24, 2.45) is 0 Å². The summed E-state index contributed by atoms with van der Waals surface area (Å²) in [5.41, 5.74) is 14.1. The van der Waals surface area contributed by atoms with Gasteiger partial charge in [-0.15, -0.1) is 0 Å². The minimum Gasteiger partial charge on any atom is -0.309 e. The molecule has 0 bridgehead atoms. The van der Waals surface area contributed by atoms with E-state index in [-0.39, 0.29) is 0 Å². The molecule has 10 aromatic carbocycles. The highest BCUT2D eigenvalue weighted by Gasteiger charge is 2.23. The second-order valence-electron chi connectivity index (χ2n) is 16.2. The number of para-hydroxylation sites is 4. The van der Waals surface area contributed by atoms with Gasteiger partial charge in [0, 0.05) is 38.2 Å². The zero-order valence-corrected chi connectivity index (χ0v) is 33.6. The van der Waals surface area contributed by atoms with Crippen LogP contribution in [0.3, 0.4) is 0 Å². The maximum absolute atomic E-state index is 5.52. The molecule has 0 fully saturated rings. The molecule has 0 aliphatic rings. The molecule has 0 spiro atoms. The highest BCUT2D eigenvalue weighted by Crippen LogP contribution is 2.43. The number of fused-ring (bicyclic) bond motifs is 10. The number of rotatable bonds is 5. The molecule has 0 unspecified atom stereocenters. The fraction of sp³-hybridized carbons (Fsp3) is 0. The van der Waals surface area contributed by atoms with Crippen LogP contribution in [-0.2, 0) is 0 Å². The molecule has 288 valence electrons. The van der Waals surface area contributed by atoms with Crippen LogP contribution in [0, 0.1) is 0 Å². The Bertz CT molecular complexity index is 3920. The first kappa shape index (κ1) is 34.5. The summed E-state index contributed by atoms with van der Waals surface area (Å²) in [5, 5.41) is 9.51. The third-order valence-corrected chi connectivity index (χ3v) is 12.7. The van der Waals surface area contributed by atoms with Crippen LogP contribution in [0.4, 0.5) is 0 Å². The maximum Gasteiger partial charge on any atom is 0.165 e. The van der Waals surface area contributed by atoms with Crippen LogP contribution < -0.4 is 0 Å². The molecule has 62 heavy (non-hydrogen) atoms. The lowest BCUT2D eigenvalue weighted by molar-refractivity contribution is 1.08. The van der Waals surface area contributed by atoms with Gasteiger partial charge in [0.05, 0.1) is 33.1 Å². The average Bonchev–Trinajstić information content (AvgIpc) is 3.87. The maximum atomic E-state index is 5.52. The van der Waals surface area contributed by atoms with Gasteiger partial charge in [-0.25, -0.2) is 9.97 Å². The highest BCUT2D eigenvalue weighted by atomic mass is 15.1. The second-order valence-corrected chi connectivity index (χ2v) is 16.2. The van der Waals surface area contributed by atoms with Crippen LogP contribution in [0.2, 0.25) is 0 Å². The van der Waals surface area contributed by atoms with E-state index < -0.39 is 0 Å². The Labute approximate surface area is 357 Å². The van der Waals surface area contributed by atoms with Crippen molar-refractivity contribution in [1.29, 1.82) is 0 Å². The molecule has 3 heterocycles. The Morgan fingerprint density at radius 2 is 0.952 bits per heavy atom. The number of hydrogen-bond donors (Lipinski definition) is 0. The molecular weight excluding hydrogens is 753 g/mol. The molecule has 0 atom stereocenters. The van der Waals surface area contributed by atoms with Crippen molar-refractivity contribution in [3.63, 3.8) is 0 Å². The van der Waals surface area contributed by atoms with Crippen LogP contribution in [-0.4, -0.2) is 19.1 Å². The van der Waals surface area contributed by atoms with Gasteiger partial charge < -0.3 is 4.57 Å². The third kappa shape index (κ3) is 5.27. The van der Waals surface area contributed by atoms with E-state index in [2.05, 4.69) is 215 Å². The van der Waals surface area contributed by atoms with E-state index in [9.17, 15) is 0 Å². The minimum atomic E-state index is 0.807. The van der Waals surface area contributed by atoms with E-state index in [1.54, 1.807) is 0 Å². The van der Waals surface area contributed by atoms with Crippen molar-refractivity contribution < 1.29 is 0 Å². The van der Waals surface area contributed by atoms with Gasteiger partial charge in [-0.1, -0.05) is 158 Å². The lowest BCUT2D eigenvalue weighted by Crippen LogP contribution is -2.04. The zero-order chi connectivity index (χ0) is 40.7. The molecule has 4 nitrogen and oxygen atoms in total. The molecule has 13 rings (SSSR count). The lowest BCUT2D eigenvalue weighted by Gasteiger charge is -2.15. The largest absolute Gasteiger partial charge is 0.309 e. The van der Waals surface area contributed by atoms with Gasteiger partial charge in [-0.05, 0) is 99.1 Å². The number of benzene rings is 10. The predicted octanol–water partition coefficient (Wildman–Crippen LogP) is 15.1. The Balaban J connectivity index is 1.07. The van der Waals surface area contributed by atoms with Crippen molar-refractivity contribution in [1.82, 2.24) is 19.1 Å². The van der Waals surface area contributed by atoms with E-state index in [0.29, 0.717) is 0 Å². The molecule has 0 amide bonds. The van der Waals surface area contributed by atoms with Gasteiger partial charge in [-0.3, -0.25) is 4.57 Å². The molecule has 0 aliphatic heterocycles. The van der Waals surface area contributed by atoms with E-state index in [1.807, 2.05) is 12.1 Å². The molecular formula is C58H36N4. The number of aromatic nitrogens is 4. The van der Waals surface area contributed by atoms with Crippen LogP contribution >= 0.6 is 0 Å². The quantitative estimate of drug-likeness (QED) is 0.174. The Hall–Kier alpha value is -8.34. The number of hydrogen-bond acceptors (Lipinski definition) is 2. The van der Waals surface area contributed by atoms with Gasteiger partial charge in [0.15, 0.2) is 5.82 Å². The molecule has 0 saturated heterocycles. The molecule has 0 radical (unpaired) electrons. The lowest BCUT2D eigenvalue weighted by atomic mass is 9.97. The number of nitrogens with zero attached hydrogens (tertiary/aromatic N) is 4. The summed E-state index contributed by atoms with van der Waals surface area (Å²) in [5.74, 6) is 0.807. The fourth-order valence-electron chi connectivity index (χ4n) is 9.83. The van der Waals surface area contributed by atoms with Crippen molar-refractivity contribution >= 4 is 76.2 Å². The Morgan fingerprint density at radius 1 is 0.323 bits per heavy atom. The van der Waals surface area contributed by atoms with Crippen LogP contribution in [0.15, 0.2) is 218 Å². The first-order valence-electron chi connectivity index (χ1n) is 21.2. The minimum absolute atomic E-state index is 0.807. The van der Waals surface area contributed by atoms with Gasteiger partial charge >= 0.3 is 0 Å². The standard InChI is InChI=1S/C58H36N4/c1-3-14-37(15-4-1)39-26-27-41-35-43(29-28-40(41)34-39)56-58(60-51-23-11-10-22-50(51)59-56)62-53-33-31-42(36-49(53)47-32-30-38-16-7-8-19-46(38)57(47)62)45-21-13-25-54-55(45)48-20-9-12-24-52(48)61(54)44-17-5-2-6-18-44/h1-36H. The van der Waals surface area contributed by atoms with E-state index >= 15 is 0 Å².